The van der Waals surface area contributed by atoms with Gasteiger partial charge in [-0.05, 0) is 24.3 Å². The second-order valence-electron chi connectivity index (χ2n) is 6.30. The highest BCUT2D eigenvalue weighted by Gasteiger charge is 2.17. The molecule has 0 bridgehead atoms. The molecule has 9 nitrogen and oxygen atoms in total. The summed E-state index contributed by atoms with van der Waals surface area (Å²) in [6, 6.07) is 15.0. The molecule has 0 unspecified atom stereocenters. The molecule has 0 spiro atoms. The van der Waals surface area contributed by atoms with Crippen LogP contribution in [0.5, 0.6) is 11.6 Å². The van der Waals surface area contributed by atoms with Crippen LogP contribution < -0.4 is 5.56 Å². The number of nitro groups is 1. The largest absolute Gasteiger partial charge is 0.506 e. The zero-order valence-electron chi connectivity index (χ0n) is 15.3. The number of nitrogens with zero attached hydrogens (tertiary/aromatic N) is 4. The maximum Gasteiger partial charge on any atom is 0.271 e. The van der Waals surface area contributed by atoms with Crippen molar-refractivity contribution in [1.82, 2.24) is 9.55 Å². The van der Waals surface area contributed by atoms with Gasteiger partial charge >= 0.3 is 0 Å². The molecule has 0 fully saturated rings. The van der Waals surface area contributed by atoms with Crippen LogP contribution in [0, 0.1) is 10.1 Å². The number of pyridine rings is 2. The molecular formula is C21H14N4O5. The van der Waals surface area contributed by atoms with Gasteiger partial charge in [-0.15, -0.1) is 0 Å². The van der Waals surface area contributed by atoms with Crippen LogP contribution >= 0.6 is 0 Å². The molecule has 0 aliphatic carbocycles. The molecule has 2 aromatic carbocycles. The SMILES string of the molecule is O=c1c2ccccc2c(C=Nc2cc([N+](=O)[O-])ccc2O)c(O)n1-c1ccccn1. The maximum atomic E-state index is 13.0. The Hall–Kier alpha value is -4.53. The zero-order chi connectivity index (χ0) is 21.3. The van der Waals surface area contributed by atoms with E-state index in [4.69, 9.17) is 0 Å². The highest BCUT2D eigenvalue weighted by atomic mass is 16.6. The van der Waals surface area contributed by atoms with Crippen molar-refractivity contribution in [3.05, 3.63) is 92.9 Å². The predicted octanol–water partition coefficient (Wildman–Crippen LogP) is 3.46. The third-order valence-electron chi connectivity index (χ3n) is 4.48. The molecule has 2 N–H and O–H groups in total. The average Bonchev–Trinajstić information content (AvgIpc) is 2.75. The lowest BCUT2D eigenvalue weighted by molar-refractivity contribution is -0.384. The molecule has 0 saturated heterocycles. The lowest BCUT2D eigenvalue weighted by Crippen LogP contribution is -2.20. The van der Waals surface area contributed by atoms with Gasteiger partial charge in [-0.3, -0.25) is 19.9 Å². The lowest BCUT2D eigenvalue weighted by Gasteiger charge is -2.12. The van der Waals surface area contributed by atoms with Crippen LogP contribution in [0.1, 0.15) is 5.56 Å². The molecule has 0 radical (unpaired) electrons. The van der Waals surface area contributed by atoms with Crippen LogP contribution in [0.4, 0.5) is 11.4 Å². The zero-order valence-corrected chi connectivity index (χ0v) is 15.3. The van der Waals surface area contributed by atoms with E-state index in [1.165, 1.54) is 12.4 Å². The van der Waals surface area contributed by atoms with Crippen LogP contribution in [-0.4, -0.2) is 30.9 Å². The molecule has 9 heteroatoms. The van der Waals surface area contributed by atoms with Gasteiger partial charge in [0, 0.05) is 35.3 Å². The summed E-state index contributed by atoms with van der Waals surface area (Å²) in [5, 5.41) is 32.6. The molecule has 0 saturated carbocycles. The maximum absolute atomic E-state index is 13.0. The Labute approximate surface area is 169 Å². The van der Waals surface area contributed by atoms with Gasteiger partial charge in [-0.25, -0.2) is 9.55 Å². The van der Waals surface area contributed by atoms with Crippen LogP contribution in [0.2, 0.25) is 0 Å². The van der Waals surface area contributed by atoms with Gasteiger partial charge in [-0.1, -0.05) is 24.3 Å². The van der Waals surface area contributed by atoms with E-state index in [0.717, 1.165) is 22.8 Å². The number of hydrogen-bond donors (Lipinski definition) is 2. The Kier molecular flexibility index (Phi) is 4.69. The molecule has 0 aliphatic heterocycles. The molecular weight excluding hydrogens is 388 g/mol. The molecule has 0 aliphatic rings. The number of hydrogen-bond acceptors (Lipinski definition) is 7. The van der Waals surface area contributed by atoms with Gasteiger partial charge in [0.2, 0.25) is 5.88 Å². The fraction of sp³-hybridized carbons (Fsp3) is 0. The quantitative estimate of drug-likeness (QED) is 0.305. The van der Waals surface area contributed by atoms with Gasteiger partial charge < -0.3 is 10.2 Å². The van der Waals surface area contributed by atoms with Gasteiger partial charge in [0.05, 0.1) is 10.5 Å². The number of phenols is 1. The van der Waals surface area contributed by atoms with Gasteiger partial charge in [-0.2, -0.15) is 0 Å². The number of rotatable bonds is 4. The van der Waals surface area contributed by atoms with Crippen molar-refractivity contribution in [3.63, 3.8) is 0 Å². The fourth-order valence-corrected chi connectivity index (χ4v) is 3.05. The predicted molar refractivity (Wildman–Crippen MR) is 111 cm³/mol. The normalized spacial score (nSPS) is 11.2. The summed E-state index contributed by atoms with van der Waals surface area (Å²) in [6.07, 6.45) is 2.74. The van der Waals surface area contributed by atoms with E-state index in [2.05, 4.69) is 9.98 Å². The Morgan fingerprint density at radius 2 is 1.77 bits per heavy atom. The number of aromatic nitrogens is 2. The first-order valence-electron chi connectivity index (χ1n) is 8.77. The smallest absolute Gasteiger partial charge is 0.271 e. The molecule has 0 atom stereocenters. The molecule has 148 valence electrons. The summed E-state index contributed by atoms with van der Waals surface area (Å²) in [4.78, 5) is 31.6. The van der Waals surface area contributed by atoms with Gasteiger partial charge in [0.1, 0.15) is 17.3 Å². The number of fused-ring (bicyclic) bond motifs is 1. The topological polar surface area (TPSA) is 131 Å². The van der Waals surface area contributed by atoms with E-state index in [-0.39, 0.29) is 28.5 Å². The van der Waals surface area contributed by atoms with Crippen molar-refractivity contribution in [2.24, 2.45) is 4.99 Å². The van der Waals surface area contributed by atoms with Crippen molar-refractivity contribution in [2.45, 2.75) is 0 Å². The van der Waals surface area contributed by atoms with Crippen LogP contribution in [0.15, 0.2) is 76.6 Å². The van der Waals surface area contributed by atoms with Crippen LogP contribution in [0.25, 0.3) is 16.6 Å². The Bertz CT molecular complexity index is 1360. The number of non-ortho nitro benzene ring substituents is 1. The van der Waals surface area contributed by atoms with Crippen molar-refractivity contribution in [2.75, 3.05) is 0 Å². The second kappa shape index (κ2) is 7.47. The van der Waals surface area contributed by atoms with E-state index in [0.29, 0.717) is 10.8 Å². The third-order valence-corrected chi connectivity index (χ3v) is 4.48. The van der Waals surface area contributed by atoms with Gasteiger partial charge in [0.25, 0.3) is 11.2 Å². The highest BCUT2D eigenvalue weighted by molar-refractivity contribution is 6.02. The Morgan fingerprint density at radius 3 is 2.47 bits per heavy atom. The summed E-state index contributed by atoms with van der Waals surface area (Å²) >= 11 is 0. The summed E-state index contributed by atoms with van der Waals surface area (Å²) < 4.78 is 1.05. The monoisotopic (exact) mass is 402 g/mol. The summed E-state index contributed by atoms with van der Waals surface area (Å²) in [7, 11) is 0. The first kappa shape index (κ1) is 18.8. The van der Waals surface area contributed by atoms with Crippen molar-refractivity contribution in [3.8, 4) is 17.4 Å². The first-order valence-corrected chi connectivity index (χ1v) is 8.77. The Balaban J connectivity index is 1.96. The second-order valence-corrected chi connectivity index (χ2v) is 6.30. The first-order chi connectivity index (χ1) is 14.5. The lowest BCUT2D eigenvalue weighted by atomic mass is 10.1. The number of nitro benzene ring substituents is 1. The van der Waals surface area contributed by atoms with Crippen LogP contribution in [-0.2, 0) is 0 Å². The number of aliphatic imine (C=N–C) groups is 1. The van der Waals surface area contributed by atoms with E-state index in [9.17, 15) is 25.1 Å². The number of phenolic OH excluding ortho intramolecular Hbond substituents is 1. The minimum Gasteiger partial charge on any atom is -0.506 e. The third kappa shape index (κ3) is 3.24. The molecule has 2 aromatic heterocycles. The standard InChI is InChI=1S/C21H14N4O5/c26-18-9-8-13(25(29)30)11-17(18)23-12-16-14-5-1-2-6-15(14)20(27)24(21(16)28)19-7-3-4-10-22-19/h1-12,26,28H. The summed E-state index contributed by atoms with van der Waals surface area (Å²) in [5.41, 5.74) is -0.561. The minimum atomic E-state index is -0.605. The fourth-order valence-electron chi connectivity index (χ4n) is 3.05. The Morgan fingerprint density at radius 1 is 1.03 bits per heavy atom. The van der Waals surface area contributed by atoms with E-state index >= 15 is 0 Å². The molecule has 2 heterocycles. The van der Waals surface area contributed by atoms with E-state index in [1.807, 2.05) is 0 Å². The van der Waals surface area contributed by atoms with E-state index < -0.39 is 16.4 Å². The van der Waals surface area contributed by atoms with Gasteiger partial charge in [0.15, 0.2) is 0 Å². The van der Waals surface area contributed by atoms with E-state index in [1.54, 1.807) is 42.5 Å². The molecule has 0 amide bonds. The average molecular weight is 402 g/mol. The molecule has 4 aromatic rings. The molecule has 30 heavy (non-hydrogen) atoms. The summed E-state index contributed by atoms with van der Waals surface area (Å²) in [6.45, 7) is 0. The van der Waals surface area contributed by atoms with Crippen LogP contribution in [0.3, 0.4) is 0 Å². The number of aromatic hydroxyl groups is 2. The summed E-state index contributed by atoms with van der Waals surface area (Å²) in [5.74, 6) is -0.441. The number of benzene rings is 2. The van der Waals surface area contributed by atoms with Crippen molar-refractivity contribution < 1.29 is 15.1 Å². The highest BCUT2D eigenvalue weighted by Crippen LogP contribution is 2.31. The van der Waals surface area contributed by atoms with Crippen molar-refractivity contribution in [1.29, 1.82) is 0 Å². The molecule has 4 rings (SSSR count). The van der Waals surface area contributed by atoms with Crippen molar-refractivity contribution >= 4 is 28.4 Å². The minimum absolute atomic E-state index is 0.0525.